The Kier molecular flexibility index (Phi) is 3.42. The van der Waals surface area contributed by atoms with E-state index >= 15 is 0 Å². The highest BCUT2D eigenvalue weighted by atomic mass is 32.1. The second-order valence-corrected chi connectivity index (χ2v) is 7.45. The molecule has 1 unspecified atom stereocenters. The Labute approximate surface area is 128 Å². The van der Waals surface area contributed by atoms with Crippen molar-refractivity contribution in [1.82, 2.24) is 10.3 Å². The Morgan fingerprint density at radius 2 is 2.05 bits per heavy atom. The number of aromatic nitrogens is 1. The first-order chi connectivity index (χ1) is 9.89. The van der Waals surface area contributed by atoms with Gasteiger partial charge < -0.3 is 15.5 Å². The predicted molar refractivity (Wildman–Crippen MR) is 84.8 cm³/mol. The molecular formula is C16H20N2O2S. The van der Waals surface area contributed by atoms with E-state index in [4.69, 9.17) is 4.98 Å². The molecule has 2 aromatic rings. The minimum Gasteiger partial charge on any atom is -0.504 e. The van der Waals surface area contributed by atoms with Gasteiger partial charge in [0, 0.05) is 16.5 Å². The van der Waals surface area contributed by atoms with E-state index in [2.05, 4.69) is 19.2 Å². The normalized spacial score (nSPS) is 20.2. The largest absolute Gasteiger partial charge is 0.504 e. The molecule has 1 atom stereocenters. The number of fused-ring (bicyclic) bond motifs is 1. The number of phenolic OH excluding ortho intramolecular Hbond substituents is 2. The number of aromatic hydroxyl groups is 2. The lowest BCUT2D eigenvalue weighted by molar-refractivity contribution is 0.265. The summed E-state index contributed by atoms with van der Waals surface area (Å²) in [5.41, 5.74) is 2.24. The van der Waals surface area contributed by atoms with Gasteiger partial charge in [0.15, 0.2) is 11.5 Å². The SMILES string of the molecule is CNC1CC(C)(C)Cc2nc(-c3ccc(O)c(O)c3)sc21. The van der Waals surface area contributed by atoms with Crippen molar-refractivity contribution in [2.24, 2.45) is 5.41 Å². The first-order valence-corrected chi connectivity index (χ1v) is 7.90. The average molecular weight is 304 g/mol. The van der Waals surface area contributed by atoms with Crippen LogP contribution in [0.2, 0.25) is 0 Å². The Hall–Kier alpha value is -1.59. The molecular weight excluding hydrogens is 284 g/mol. The van der Waals surface area contributed by atoms with Crippen molar-refractivity contribution in [2.45, 2.75) is 32.7 Å². The molecule has 4 nitrogen and oxygen atoms in total. The highest BCUT2D eigenvalue weighted by Gasteiger charge is 2.34. The Bertz CT molecular complexity index is 679. The van der Waals surface area contributed by atoms with Gasteiger partial charge in [-0.25, -0.2) is 4.98 Å². The fraction of sp³-hybridized carbons (Fsp3) is 0.438. The lowest BCUT2D eigenvalue weighted by Gasteiger charge is -2.34. The maximum atomic E-state index is 9.66. The van der Waals surface area contributed by atoms with E-state index in [-0.39, 0.29) is 16.9 Å². The third-order valence-electron chi connectivity index (χ3n) is 4.02. The smallest absolute Gasteiger partial charge is 0.158 e. The monoisotopic (exact) mass is 304 g/mol. The summed E-state index contributed by atoms with van der Waals surface area (Å²) >= 11 is 1.67. The average Bonchev–Trinajstić information content (AvgIpc) is 2.83. The zero-order chi connectivity index (χ0) is 15.2. The van der Waals surface area contributed by atoms with E-state index in [0.717, 1.165) is 29.1 Å². The number of nitrogens with one attached hydrogen (secondary N) is 1. The molecule has 0 radical (unpaired) electrons. The maximum absolute atomic E-state index is 9.66. The molecule has 1 aromatic carbocycles. The fourth-order valence-electron chi connectivity index (χ4n) is 2.95. The summed E-state index contributed by atoms with van der Waals surface area (Å²) < 4.78 is 0. The number of benzene rings is 1. The summed E-state index contributed by atoms with van der Waals surface area (Å²) in [6, 6.07) is 5.20. The Balaban J connectivity index is 2.04. The molecule has 0 bridgehead atoms. The molecule has 3 N–H and O–H groups in total. The molecule has 0 saturated carbocycles. The van der Waals surface area contributed by atoms with Crippen LogP contribution in [0.25, 0.3) is 10.6 Å². The highest BCUT2D eigenvalue weighted by Crippen LogP contribution is 2.45. The number of nitrogens with zero attached hydrogens (tertiary/aromatic N) is 1. The van der Waals surface area contributed by atoms with Gasteiger partial charge in [-0.3, -0.25) is 0 Å². The van der Waals surface area contributed by atoms with Crippen LogP contribution in [-0.2, 0) is 6.42 Å². The molecule has 1 aliphatic carbocycles. The molecule has 0 spiro atoms. The second kappa shape index (κ2) is 5.00. The topological polar surface area (TPSA) is 65.4 Å². The third kappa shape index (κ3) is 2.63. The molecule has 0 amide bonds. The summed E-state index contributed by atoms with van der Waals surface area (Å²) in [7, 11) is 1.99. The third-order valence-corrected chi connectivity index (χ3v) is 5.28. The molecule has 1 aromatic heterocycles. The number of hydrogen-bond acceptors (Lipinski definition) is 5. The van der Waals surface area contributed by atoms with Gasteiger partial charge in [0.05, 0.1) is 5.69 Å². The summed E-state index contributed by atoms with van der Waals surface area (Å²) in [6.07, 6.45) is 2.07. The summed E-state index contributed by atoms with van der Waals surface area (Å²) in [5, 5.41) is 23.4. The van der Waals surface area contributed by atoms with Crippen LogP contribution in [0.3, 0.4) is 0 Å². The van der Waals surface area contributed by atoms with Crippen molar-refractivity contribution in [3.05, 3.63) is 28.8 Å². The van der Waals surface area contributed by atoms with Crippen LogP contribution < -0.4 is 5.32 Å². The van der Waals surface area contributed by atoms with Crippen molar-refractivity contribution in [1.29, 1.82) is 0 Å². The van der Waals surface area contributed by atoms with Gasteiger partial charge in [-0.2, -0.15) is 0 Å². The van der Waals surface area contributed by atoms with Gasteiger partial charge in [0.25, 0.3) is 0 Å². The zero-order valence-corrected chi connectivity index (χ0v) is 13.3. The van der Waals surface area contributed by atoms with E-state index in [1.165, 1.54) is 10.9 Å². The maximum Gasteiger partial charge on any atom is 0.158 e. The van der Waals surface area contributed by atoms with E-state index < -0.39 is 0 Å². The van der Waals surface area contributed by atoms with Crippen molar-refractivity contribution in [3.63, 3.8) is 0 Å². The van der Waals surface area contributed by atoms with Crippen LogP contribution in [0.5, 0.6) is 11.5 Å². The molecule has 0 fully saturated rings. The standard InChI is InChI=1S/C16H20N2O2S/c1-16(2)7-10(17-3)14-11(8-16)18-15(21-14)9-4-5-12(19)13(20)6-9/h4-6,10,17,19-20H,7-8H2,1-3H3. The van der Waals surface area contributed by atoms with Gasteiger partial charge in [-0.15, -0.1) is 11.3 Å². The van der Waals surface area contributed by atoms with Crippen LogP contribution in [0.4, 0.5) is 0 Å². The minimum absolute atomic E-state index is 0.102. The van der Waals surface area contributed by atoms with Crippen LogP contribution in [-0.4, -0.2) is 22.2 Å². The van der Waals surface area contributed by atoms with Crippen molar-refractivity contribution in [2.75, 3.05) is 7.05 Å². The van der Waals surface area contributed by atoms with Crippen LogP contribution >= 0.6 is 11.3 Å². The van der Waals surface area contributed by atoms with E-state index in [9.17, 15) is 10.2 Å². The van der Waals surface area contributed by atoms with Crippen molar-refractivity contribution < 1.29 is 10.2 Å². The van der Waals surface area contributed by atoms with E-state index in [1.54, 1.807) is 23.5 Å². The summed E-state index contributed by atoms with van der Waals surface area (Å²) in [5.74, 6) is -0.208. The van der Waals surface area contributed by atoms with E-state index in [1.807, 2.05) is 7.05 Å². The molecule has 1 heterocycles. The van der Waals surface area contributed by atoms with Gasteiger partial charge in [0.2, 0.25) is 0 Å². The quantitative estimate of drug-likeness (QED) is 0.744. The molecule has 0 aliphatic heterocycles. The van der Waals surface area contributed by atoms with Gasteiger partial charge >= 0.3 is 0 Å². The number of phenols is 2. The van der Waals surface area contributed by atoms with Crippen LogP contribution in [0, 0.1) is 5.41 Å². The molecule has 21 heavy (non-hydrogen) atoms. The van der Waals surface area contributed by atoms with Crippen LogP contribution in [0.15, 0.2) is 18.2 Å². The lowest BCUT2D eigenvalue weighted by atomic mass is 9.76. The predicted octanol–water partition coefficient (Wildman–Crippen LogP) is 3.45. The van der Waals surface area contributed by atoms with Gasteiger partial charge in [0.1, 0.15) is 5.01 Å². The number of thiazole rings is 1. The summed E-state index contributed by atoms with van der Waals surface area (Å²) in [6.45, 7) is 4.54. The molecule has 112 valence electrons. The summed E-state index contributed by atoms with van der Waals surface area (Å²) in [4.78, 5) is 6.06. The highest BCUT2D eigenvalue weighted by molar-refractivity contribution is 7.15. The Morgan fingerprint density at radius 3 is 2.71 bits per heavy atom. The number of rotatable bonds is 2. The molecule has 1 aliphatic rings. The fourth-order valence-corrected chi connectivity index (χ4v) is 4.13. The molecule has 3 rings (SSSR count). The molecule has 5 heteroatoms. The first kappa shape index (κ1) is 14.4. The van der Waals surface area contributed by atoms with Crippen LogP contribution in [0.1, 0.15) is 36.9 Å². The van der Waals surface area contributed by atoms with E-state index in [0.29, 0.717) is 6.04 Å². The second-order valence-electron chi connectivity index (χ2n) is 6.42. The zero-order valence-electron chi connectivity index (χ0n) is 12.5. The number of hydrogen-bond donors (Lipinski definition) is 3. The minimum atomic E-state index is -0.105. The van der Waals surface area contributed by atoms with Gasteiger partial charge in [-0.05, 0) is 43.5 Å². The Morgan fingerprint density at radius 1 is 1.29 bits per heavy atom. The lowest BCUT2D eigenvalue weighted by Crippen LogP contribution is -2.30. The first-order valence-electron chi connectivity index (χ1n) is 7.09. The molecule has 0 saturated heterocycles. The van der Waals surface area contributed by atoms with Crippen molar-refractivity contribution in [3.8, 4) is 22.1 Å². The van der Waals surface area contributed by atoms with Gasteiger partial charge in [-0.1, -0.05) is 13.8 Å². The van der Waals surface area contributed by atoms with Crippen molar-refractivity contribution >= 4 is 11.3 Å².